The maximum Gasteiger partial charge on any atom is 0.191 e. The van der Waals surface area contributed by atoms with E-state index in [1.807, 2.05) is 0 Å². The molecule has 0 aliphatic carbocycles. The van der Waals surface area contributed by atoms with Crippen molar-refractivity contribution in [1.82, 2.24) is 0 Å². The summed E-state index contributed by atoms with van der Waals surface area (Å²) in [5.74, 6) is -0.426. The molecule has 0 saturated heterocycles. The molecule has 10 heavy (non-hydrogen) atoms. The molecular formula is C6H8O4. The largest absolute Gasteiger partial charge is 0.492 e. The van der Waals surface area contributed by atoms with Gasteiger partial charge in [-0.25, -0.2) is 0 Å². The van der Waals surface area contributed by atoms with Gasteiger partial charge in [0.25, 0.3) is 0 Å². The van der Waals surface area contributed by atoms with Crippen molar-refractivity contribution in [3.63, 3.8) is 0 Å². The summed E-state index contributed by atoms with van der Waals surface area (Å²) in [4.78, 5) is 10.6. The molecule has 56 valence electrons. The SMILES string of the molecule is O=C1C=COC(CO)C1O. The third-order valence-electron chi connectivity index (χ3n) is 1.31. The number of carbonyl (C=O) groups is 1. The highest BCUT2D eigenvalue weighted by molar-refractivity contribution is 5.94. The Kier molecular flexibility index (Phi) is 2.03. The van der Waals surface area contributed by atoms with Crippen LogP contribution in [0.25, 0.3) is 0 Å². The van der Waals surface area contributed by atoms with Crippen LogP contribution in [0, 0.1) is 0 Å². The monoisotopic (exact) mass is 144 g/mol. The average molecular weight is 144 g/mol. The molecular weight excluding hydrogens is 136 g/mol. The van der Waals surface area contributed by atoms with Crippen molar-refractivity contribution < 1.29 is 19.7 Å². The lowest BCUT2D eigenvalue weighted by Gasteiger charge is -2.21. The molecule has 4 heteroatoms. The summed E-state index contributed by atoms with van der Waals surface area (Å²) >= 11 is 0. The molecule has 1 rings (SSSR count). The minimum atomic E-state index is -1.21. The van der Waals surface area contributed by atoms with Crippen molar-refractivity contribution in [2.45, 2.75) is 12.2 Å². The van der Waals surface area contributed by atoms with Crippen LogP contribution in [0.1, 0.15) is 0 Å². The van der Waals surface area contributed by atoms with Gasteiger partial charge in [-0.1, -0.05) is 0 Å². The van der Waals surface area contributed by atoms with E-state index in [9.17, 15) is 4.79 Å². The highest BCUT2D eigenvalue weighted by atomic mass is 16.5. The number of rotatable bonds is 1. The van der Waals surface area contributed by atoms with Crippen molar-refractivity contribution >= 4 is 5.78 Å². The predicted octanol–water partition coefficient (Wildman–Crippen LogP) is -1.18. The van der Waals surface area contributed by atoms with E-state index in [0.717, 1.165) is 6.08 Å². The maximum absolute atomic E-state index is 10.6. The van der Waals surface area contributed by atoms with Gasteiger partial charge >= 0.3 is 0 Å². The van der Waals surface area contributed by atoms with Gasteiger partial charge in [-0.05, 0) is 0 Å². The topological polar surface area (TPSA) is 66.8 Å². The molecule has 0 saturated carbocycles. The lowest BCUT2D eigenvalue weighted by molar-refractivity contribution is -0.132. The number of aliphatic hydroxyl groups excluding tert-OH is 2. The number of carbonyl (C=O) groups excluding carboxylic acids is 1. The van der Waals surface area contributed by atoms with Gasteiger partial charge in [-0.2, -0.15) is 0 Å². The van der Waals surface area contributed by atoms with Crippen molar-refractivity contribution in [2.75, 3.05) is 6.61 Å². The Morgan fingerprint density at radius 3 is 2.90 bits per heavy atom. The van der Waals surface area contributed by atoms with E-state index < -0.39 is 18.0 Å². The van der Waals surface area contributed by atoms with E-state index in [1.54, 1.807) is 0 Å². The van der Waals surface area contributed by atoms with E-state index in [1.165, 1.54) is 6.26 Å². The van der Waals surface area contributed by atoms with Crippen LogP contribution in [0.3, 0.4) is 0 Å². The van der Waals surface area contributed by atoms with Crippen LogP contribution in [-0.4, -0.2) is 34.8 Å². The summed E-state index contributed by atoms with van der Waals surface area (Å²) in [6.07, 6.45) is 0.305. The fourth-order valence-corrected chi connectivity index (χ4v) is 0.706. The summed E-state index contributed by atoms with van der Waals surface area (Å²) in [5.41, 5.74) is 0. The Morgan fingerprint density at radius 1 is 1.70 bits per heavy atom. The quantitative estimate of drug-likeness (QED) is 0.486. The van der Waals surface area contributed by atoms with Gasteiger partial charge in [0.2, 0.25) is 0 Å². The first-order chi connectivity index (χ1) is 4.75. The van der Waals surface area contributed by atoms with Crippen LogP contribution in [0.5, 0.6) is 0 Å². The first kappa shape index (κ1) is 7.24. The van der Waals surface area contributed by atoms with Gasteiger partial charge in [0.15, 0.2) is 18.0 Å². The zero-order valence-corrected chi connectivity index (χ0v) is 5.23. The second-order valence-corrected chi connectivity index (χ2v) is 2.01. The lowest BCUT2D eigenvalue weighted by Crippen LogP contribution is -2.39. The van der Waals surface area contributed by atoms with Gasteiger partial charge in [-0.3, -0.25) is 4.79 Å². The smallest absolute Gasteiger partial charge is 0.191 e. The first-order valence-corrected chi connectivity index (χ1v) is 2.90. The van der Waals surface area contributed by atoms with Crippen molar-refractivity contribution in [3.05, 3.63) is 12.3 Å². The molecule has 0 aromatic heterocycles. The van der Waals surface area contributed by atoms with Crippen LogP contribution in [-0.2, 0) is 9.53 Å². The molecule has 2 atom stereocenters. The first-order valence-electron chi connectivity index (χ1n) is 2.90. The fraction of sp³-hybridized carbons (Fsp3) is 0.500. The minimum Gasteiger partial charge on any atom is -0.492 e. The molecule has 0 spiro atoms. The molecule has 0 aromatic rings. The van der Waals surface area contributed by atoms with Gasteiger partial charge in [0.05, 0.1) is 12.9 Å². The predicted molar refractivity (Wildman–Crippen MR) is 32.1 cm³/mol. The van der Waals surface area contributed by atoms with Gasteiger partial charge in [-0.15, -0.1) is 0 Å². The Hall–Kier alpha value is -0.870. The zero-order chi connectivity index (χ0) is 7.56. The molecule has 1 aliphatic rings. The van der Waals surface area contributed by atoms with E-state index in [4.69, 9.17) is 14.9 Å². The van der Waals surface area contributed by atoms with Crippen LogP contribution in [0.2, 0.25) is 0 Å². The zero-order valence-electron chi connectivity index (χ0n) is 5.23. The third-order valence-corrected chi connectivity index (χ3v) is 1.31. The average Bonchev–Trinajstić information content (AvgIpc) is 1.95. The minimum absolute atomic E-state index is 0.350. The van der Waals surface area contributed by atoms with Gasteiger partial charge in [0.1, 0.15) is 0 Å². The second-order valence-electron chi connectivity index (χ2n) is 2.01. The highest BCUT2D eigenvalue weighted by Gasteiger charge is 2.27. The molecule has 0 fully saturated rings. The van der Waals surface area contributed by atoms with E-state index in [-0.39, 0.29) is 6.61 Å². The fourth-order valence-electron chi connectivity index (χ4n) is 0.706. The Balaban J connectivity index is 2.65. The Morgan fingerprint density at radius 2 is 2.40 bits per heavy atom. The lowest BCUT2D eigenvalue weighted by atomic mass is 10.1. The molecule has 2 unspecified atom stereocenters. The van der Waals surface area contributed by atoms with Crippen molar-refractivity contribution in [2.24, 2.45) is 0 Å². The third kappa shape index (κ3) is 1.17. The van der Waals surface area contributed by atoms with E-state index in [0.29, 0.717) is 0 Å². The molecule has 1 aliphatic heterocycles. The molecule has 1 heterocycles. The molecule has 0 aromatic carbocycles. The summed E-state index contributed by atoms with van der Waals surface area (Å²) in [6.45, 7) is -0.350. The van der Waals surface area contributed by atoms with Gasteiger partial charge in [0, 0.05) is 6.08 Å². The number of ether oxygens (including phenoxy) is 1. The summed E-state index contributed by atoms with van der Waals surface area (Å²) in [7, 11) is 0. The van der Waals surface area contributed by atoms with E-state index in [2.05, 4.69) is 0 Å². The number of hydrogen-bond donors (Lipinski definition) is 2. The van der Waals surface area contributed by atoms with Crippen LogP contribution in [0.15, 0.2) is 12.3 Å². The molecule has 0 amide bonds. The summed E-state index contributed by atoms with van der Waals surface area (Å²) in [5, 5.41) is 17.5. The highest BCUT2D eigenvalue weighted by Crippen LogP contribution is 2.06. The Labute approximate surface area is 57.7 Å². The second kappa shape index (κ2) is 2.81. The maximum atomic E-state index is 10.6. The molecule has 0 bridgehead atoms. The summed E-state index contributed by atoms with van der Waals surface area (Å²) in [6, 6.07) is 0. The number of aliphatic hydroxyl groups is 2. The van der Waals surface area contributed by atoms with E-state index >= 15 is 0 Å². The van der Waals surface area contributed by atoms with Crippen molar-refractivity contribution in [1.29, 1.82) is 0 Å². The standard InChI is InChI=1S/C6H8O4/c7-3-5-6(9)4(8)1-2-10-5/h1-2,5-7,9H,3H2. The van der Waals surface area contributed by atoms with Crippen LogP contribution in [0.4, 0.5) is 0 Å². The van der Waals surface area contributed by atoms with Crippen LogP contribution >= 0.6 is 0 Å². The molecule has 2 N–H and O–H groups in total. The van der Waals surface area contributed by atoms with Crippen LogP contribution < -0.4 is 0 Å². The van der Waals surface area contributed by atoms with Crippen molar-refractivity contribution in [3.8, 4) is 0 Å². The number of ketones is 1. The van der Waals surface area contributed by atoms with Gasteiger partial charge < -0.3 is 14.9 Å². The molecule has 0 radical (unpaired) electrons. The number of hydrogen-bond acceptors (Lipinski definition) is 4. The normalized spacial score (nSPS) is 32.0. The molecule has 4 nitrogen and oxygen atoms in total. The summed E-state index contributed by atoms with van der Waals surface area (Å²) < 4.78 is 4.71. The Bertz CT molecular complexity index is 163.